The van der Waals surface area contributed by atoms with E-state index in [1.54, 1.807) is 0 Å². The zero-order valence-electron chi connectivity index (χ0n) is 5.84. The van der Waals surface area contributed by atoms with Crippen molar-refractivity contribution in [2.24, 2.45) is 0 Å². The molecular weight excluding hydrogens is 220 g/mol. The Hall–Kier alpha value is 0.390. The molecular formula is C5H11BrO3S. The van der Waals surface area contributed by atoms with Crippen LogP contribution in [0.1, 0.15) is 26.2 Å². The van der Waals surface area contributed by atoms with E-state index >= 15 is 0 Å². The molecule has 0 aliphatic heterocycles. The summed E-state index contributed by atoms with van der Waals surface area (Å²) in [5.41, 5.74) is 0. The summed E-state index contributed by atoms with van der Waals surface area (Å²) in [5.74, 6) is 0. The van der Waals surface area contributed by atoms with Gasteiger partial charge in [0.15, 0.2) is 0 Å². The van der Waals surface area contributed by atoms with E-state index in [9.17, 15) is 8.42 Å². The highest BCUT2D eigenvalue weighted by Crippen LogP contribution is 2.04. The SMILES string of the molecule is CCCCCOS(=O)(=O)Br. The lowest BCUT2D eigenvalue weighted by molar-refractivity contribution is 0.319. The molecule has 0 bridgehead atoms. The lowest BCUT2D eigenvalue weighted by atomic mass is 10.3. The summed E-state index contributed by atoms with van der Waals surface area (Å²) in [6.07, 6.45) is 2.86. The third-order valence-corrected chi connectivity index (χ3v) is 1.98. The molecule has 0 aliphatic carbocycles. The first-order valence-electron chi connectivity index (χ1n) is 3.15. The number of unbranched alkanes of at least 4 members (excludes halogenated alkanes) is 2. The fraction of sp³-hybridized carbons (Fsp3) is 1.00. The van der Waals surface area contributed by atoms with Crippen molar-refractivity contribution >= 4 is 23.4 Å². The monoisotopic (exact) mass is 230 g/mol. The highest BCUT2D eigenvalue weighted by Gasteiger charge is 2.01. The summed E-state index contributed by atoms with van der Waals surface area (Å²) in [4.78, 5) is 0. The number of halogens is 1. The van der Waals surface area contributed by atoms with Crippen molar-refractivity contribution in [1.29, 1.82) is 0 Å². The number of rotatable bonds is 5. The second kappa shape index (κ2) is 5.09. The van der Waals surface area contributed by atoms with Gasteiger partial charge in [-0.3, -0.25) is 4.18 Å². The molecule has 0 fully saturated rings. The van der Waals surface area contributed by atoms with Crippen molar-refractivity contribution in [3.8, 4) is 0 Å². The molecule has 5 heteroatoms. The lowest BCUT2D eigenvalue weighted by Gasteiger charge is -1.96. The molecule has 0 N–H and O–H groups in total. The first-order chi connectivity index (χ1) is 4.56. The van der Waals surface area contributed by atoms with Crippen molar-refractivity contribution in [3.05, 3.63) is 0 Å². The molecule has 3 nitrogen and oxygen atoms in total. The van der Waals surface area contributed by atoms with Gasteiger partial charge >= 0.3 is 8.55 Å². The molecule has 0 heterocycles. The predicted octanol–water partition coefficient (Wildman–Crippen LogP) is 1.83. The molecule has 0 radical (unpaired) electrons. The van der Waals surface area contributed by atoms with Crippen LogP contribution < -0.4 is 0 Å². The standard InChI is InChI=1S/C5H11BrO3S/c1-2-3-4-5-9-10(6,7)8/h2-5H2,1H3. The Morgan fingerprint density at radius 3 is 2.40 bits per heavy atom. The first-order valence-corrected chi connectivity index (χ1v) is 6.40. The van der Waals surface area contributed by atoms with E-state index in [1.165, 1.54) is 0 Å². The van der Waals surface area contributed by atoms with E-state index in [0.717, 1.165) is 19.3 Å². The number of hydrogen-bond donors (Lipinski definition) is 0. The van der Waals surface area contributed by atoms with Crippen LogP contribution in [-0.4, -0.2) is 15.0 Å². The Bertz CT molecular complexity index is 164. The molecule has 0 saturated carbocycles. The van der Waals surface area contributed by atoms with Crippen LogP contribution >= 0.6 is 14.8 Å². The van der Waals surface area contributed by atoms with Crippen LogP contribution in [0, 0.1) is 0 Å². The zero-order chi connectivity index (χ0) is 8.04. The zero-order valence-corrected chi connectivity index (χ0v) is 8.24. The molecule has 10 heavy (non-hydrogen) atoms. The van der Waals surface area contributed by atoms with Crippen LogP contribution in [0.15, 0.2) is 0 Å². The van der Waals surface area contributed by atoms with Gasteiger partial charge in [-0.1, -0.05) is 19.8 Å². The van der Waals surface area contributed by atoms with E-state index in [1.807, 2.05) is 6.92 Å². The highest BCUT2D eigenvalue weighted by atomic mass is 79.9. The van der Waals surface area contributed by atoms with Gasteiger partial charge in [-0.25, -0.2) is 0 Å². The molecule has 0 aliphatic rings. The minimum Gasteiger partial charge on any atom is -0.262 e. The van der Waals surface area contributed by atoms with E-state index in [-0.39, 0.29) is 6.61 Å². The van der Waals surface area contributed by atoms with Gasteiger partial charge in [0.1, 0.15) is 0 Å². The minimum atomic E-state index is -3.39. The Kier molecular flexibility index (Phi) is 5.29. The second-order valence-corrected chi connectivity index (χ2v) is 5.32. The molecule has 0 atom stereocenters. The molecule has 0 saturated heterocycles. The normalized spacial score (nSPS) is 11.8. The van der Waals surface area contributed by atoms with Crippen molar-refractivity contribution in [1.82, 2.24) is 0 Å². The molecule has 0 aromatic carbocycles. The van der Waals surface area contributed by atoms with Gasteiger partial charge in [0, 0.05) is 0 Å². The van der Waals surface area contributed by atoms with Gasteiger partial charge in [-0.05, 0) is 6.42 Å². The van der Waals surface area contributed by atoms with Gasteiger partial charge in [0.05, 0.1) is 21.4 Å². The van der Waals surface area contributed by atoms with E-state index < -0.39 is 8.55 Å². The Balaban J connectivity index is 3.21. The average molecular weight is 231 g/mol. The smallest absolute Gasteiger partial charge is 0.262 e. The lowest BCUT2D eigenvalue weighted by Crippen LogP contribution is -1.98. The fourth-order valence-corrected chi connectivity index (χ4v) is 1.22. The van der Waals surface area contributed by atoms with Gasteiger partial charge in [0.25, 0.3) is 0 Å². The first kappa shape index (κ1) is 10.4. The van der Waals surface area contributed by atoms with E-state index in [2.05, 4.69) is 19.0 Å². The van der Waals surface area contributed by atoms with Gasteiger partial charge in [-0.15, -0.1) is 0 Å². The number of hydrogen-bond acceptors (Lipinski definition) is 3. The molecule has 0 unspecified atom stereocenters. The van der Waals surface area contributed by atoms with Crippen LogP contribution in [-0.2, 0) is 12.7 Å². The summed E-state index contributed by atoms with van der Waals surface area (Å²) < 4.78 is 25.0. The predicted molar refractivity (Wildman–Crippen MR) is 43.3 cm³/mol. The van der Waals surface area contributed by atoms with Gasteiger partial charge < -0.3 is 0 Å². The molecule has 0 amide bonds. The minimum absolute atomic E-state index is 0.279. The van der Waals surface area contributed by atoms with E-state index in [4.69, 9.17) is 0 Å². The maximum Gasteiger partial charge on any atom is 0.328 e. The Morgan fingerprint density at radius 1 is 1.40 bits per heavy atom. The maximum atomic E-state index is 10.3. The van der Waals surface area contributed by atoms with Crippen LogP contribution in [0.2, 0.25) is 0 Å². The largest absolute Gasteiger partial charge is 0.328 e. The molecule has 0 rings (SSSR count). The molecule has 0 aromatic heterocycles. The maximum absolute atomic E-state index is 10.3. The second-order valence-electron chi connectivity index (χ2n) is 1.92. The van der Waals surface area contributed by atoms with E-state index in [0.29, 0.717) is 0 Å². The summed E-state index contributed by atoms with van der Waals surface area (Å²) in [7, 11) is -3.39. The quantitative estimate of drug-likeness (QED) is 0.535. The van der Waals surface area contributed by atoms with Crippen LogP contribution in [0.25, 0.3) is 0 Å². The molecule has 0 spiro atoms. The summed E-state index contributed by atoms with van der Waals surface area (Å²) in [5, 5.41) is 0. The third kappa shape index (κ3) is 8.39. The highest BCUT2D eigenvalue weighted by molar-refractivity contribution is 9.46. The Labute approximate surface area is 69.1 Å². The fourth-order valence-electron chi connectivity index (χ4n) is 0.511. The average Bonchev–Trinajstić information content (AvgIpc) is 1.78. The van der Waals surface area contributed by atoms with Crippen LogP contribution in [0.3, 0.4) is 0 Å². The van der Waals surface area contributed by atoms with Crippen LogP contribution in [0.4, 0.5) is 0 Å². The molecule has 0 aromatic rings. The van der Waals surface area contributed by atoms with Crippen molar-refractivity contribution in [2.45, 2.75) is 26.2 Å². The van der Waals surface area contributed by atoms with Gasteiger partial charge in [0.2, 0.25) is 0 Å². The summed E-state index contributed by atoms with van der Waals surface area (Å²) >= 11 is 2.38. The summed E-state index contributed by atoms with van der Waals surface area (Å²) in [6.45, 7) is 2.32. The topological polar surface area (TPSA) is 43.4 Å². The van der Waals surface area contributed by atoms with Crippen molar-refractivity contribution in [2.75, 3.05) is 6.61 Å². The van der Waals surface area contributed by atoms with Gasteiger partial charge in [-0.2, -0.15) is 8.42 Å². The van der Waals surface area contributed by atoms with Crippen molar-refractivity contribution in [3.63, 3.8) is 0 Å². The Morgan fingerprint density at radius 2 is 2.00 bits per heavy atom. The third-order valence-electron chi connectivity index (χ3n) is 0.972. The van der Waals surface area contributed by atoms with Crippen LogP contribution in [0.5, 0.6) is 0 Å². The summed E-state index contributed by atoms with van der Waals surface area (Å²) in [6, 6.07) is 0. The van der Waals surface area contributed by atoms with Crippen molar-refractivity contribution < 1.29 is 12.6 Å². The molecule has 62 valence electrons.